The van der Waals surface area contributed by atoms with Gasteiger partial charge in [-0.3, -0.25) is 4.79 Å². The van der Waals surface area contributed by atoms with Gasteiger partial charge in [0.1, 0.15) is 11.6 Å². The Bertz CT molecular complexity index is 345. The topological polar surface area (TPSA) is 37.3 Å². The minimum atomic E-state index is -0.514. The van der Waals surface area contributed by atoms with E-state index in [9.17, 15) is 14.3 Å². The summed E-state index contributed by atoms with van der Waals surface area (Å²) >= 11 is 0. The smallest absolute Gasteiger partial charge is 0.163 e. The third kappa shape index (κ3) is 1.86. The molecule has 0 aliphatic rings. The summed E-state index contributed by atoms with van der Waals surface area (Å²) in [6.07, 6.45) is 0.528. The first-order chi connectivity index (χ1) is 6.06. The largest absolute Gasteiger partial charge is 0.507 e. The number of carbonyl (C=O) groups is 1. The monoisotopic (exact) mass is 182 g/mol. The molecule has 0 saturated carbocycles. The van der Waals surface area contributed by atoms with Gasteiger partial charge in [-0.05, 0) is 25.0 Å². The van der Waals surface area contributed by atoms with Gasteiger partial charge in [0, 0.05) is 6.07 Å². The second kappa shape index (κ2) is 3.56. The Morgan fingerprint density at radius 1 is 1.54 bits per heavy atom. The fraction of sp³-hybridized carbons (Fsp3) is 0.300. The lowest BCUT2D eigenvalue weighted by molar-refractivity contribution is 0.101. The zero-order valence-electron chi connectivity index (χ0n) is 7.60. The van der Waals surface area contributed by atoms with Crippen LogP contribution >= 0.6 is 0 Å². The van der Waals surface area contributed by atoms with Crippen LogP contribution in [0.25, 0.3) is 0 Å². The maximum Gasteiger partial charge on any atom is 0.163 e. The number of aromatic hydroxyl groups is 1. The molecule has 0 amide bonds. The first-order valence-corrected chi connectivity index (χ1v) is 4.08. The summed E-state index contributed by atoms with van der Waals surface area (Å²) in [7, 11) is 0. The number of phenols is 1. The average Bonchev–Trinajstić information content (AvgIpc) is 2.01. The Kier molecular flexibility index (Phi) is 2.66. The quantitative estimate of drug-likeness (QED) is 0.712. The number of hydrogen-bond donors (Lipinski definition) is 1. The second-order valence-corrected chi connectivity index (χ2v) is 2.87. The Hall–Kier alpha value is -1.38. The number of halogens is 1. The fourth-order valence-electron chi connectivity index (χ4n) is 1.33. The predicted molar refractivity (Wildman–Crippen MR) is 47.4 cm³/mol. The van der Waals surface area contributed by atoms with Crippen molar-refractivity contribution in [1.82, 2.24) is 0 Å². The van der Waals surface area contributed by atoms with E-state index in [2.05, 4.69) is 0 Å². The van der Waals surface area contributed by atoms with Gasteiger partial charge in [0.2, 0.25) is 0 Å². The third-order valence-corrected chi connectivity index (χ3v) is 1.90. The molecule has 0 saturated heterocycles. The van der Waals surface area contributed by atoms with Crippen molar-refractivity contribution in [3.05, 3.63) is 29.1 Å². The van der Waals surface area contributed by atoms with Gasteiger partial charge in [-0.15, -0.1) is 0 Å². The lowest BCUT2D eigenvalue weighted by atomic mass is 10.0. The van der Waals surface area contributed by atoms with E-state index < -0.39 is 5.82 Å². The van der Waals surface area contributed by atoms with Crippen molar-refractivity contribution >= 4 is 5.78 Å². The number of hydrogen-bond acceptors (Lipinski definition) is 2. The van der Waals surface area contributed by atoms with Crippen LogP contribution in [0.1, 0.15) is 29.8 Å². The summed E-state index contributed by atoms with van der Waals surface area (Å²) in [6.45, 7) is 3.16. The number of aryl methyl sites for hydroxylation is 1. The van der Waals surface area contributed by atoms with Gasteiger partial charge in [0.05, 0.1) is 5.56 Å². The molecule has 13 heavy (non-hydrogen) atoms. The molecule has 1 N–H and O–H groups in total. The average molecular weight is 182 g/mol. The van der Waals surface area contributed by atoms with E-state index in [1.807, 2.05) is 0 Å². The van der Waals surface area contributed by atoms with Crippen LogP contribution < -0.4 is 0 Å². The Labute approximate surface area is 76.0 Å². The number of benzene rings is 1. The number of rotatable bonds is 2. The summed E-state index contributed by atoms with van der Waals surface area (Å²) in [5.41, 5.74) is 0.772. The zero-order valence-corrected chi connectivity index (χ0v) is 7.60. The molecule has 3 heteroatoms. The molecule has 1 aromatic carbocycles. The third-order valence-electron chi connectivity index (χ3n) is 1.90. The molecule has 0 bridgehead atoms. The highest BCUT2D eigenvalue weighted by Crippen LogP contribution is 2.23. The summed E-state index contributed by atoms with van der Waals surface area (Å²) in [5, 5.41) is 9.31. The summed E-state index contributed by atoms with van der Waals surface area (Å²) < 4.78 is 12.8. The van der Waals surface area contributed by atoms with Crippen molar-refractivity contribution in [2.45, 2.75) is 20.3 Å². The minimum Gasteiger partial charge on any atom is -0.507 e. The molecule has 0 heterocycles. The fourth-order valence-corrected chi connectivity index (χ4v) is 1.33. The molecule has 0 atom stereocenters. The van der Waals surface area contributed by atoms with E-state index in [0.29, 0.717) is 12.0 Å². The van der Waals surface area contributed by atoms with Crippen LogP contribution in [0.2, 0.25) is 0 Å². The van der Waals surface area contributed by atoms with E-state index in [1.54, 1.807) is 6.92 Å². The van der Waals surface area contributed by atoms with Gasteiger partial charge in [0.25, 0.3) is 0 Å². The SMILES string of the molecule is CCc1cc(F)cc(O)c1C(C)=O. The van der Waals surface area contributed by atoms with Crippen LogP contribution in [-0.2, 0) is 6.42 Å². The number of carbonyl (C=O) groups excluding carboxylic acids is 1. The molecule has 0 aliphatic heterocycles. The molecule has 2 nitrogen and oxygen atoms in total. The second-order valence-electron chi connectivity index (χ2n) is 2.87. The Morgan fingerprint density at radius 3 is 2.62 bits per heavy atom. The normalized spacial score (nSPS) is 10.1. The summed E-state index contributed by atoms with van der Waals surface area (Å²) in [4.78, 5) is 11.1. The van der Waals surface area contributed by atoms with Crippen LogP contribution in [0.5, 0.6) is 5.75 Å². The molecule has 0 aromatic heterocycles. The molecular formula is C10H11FO2. The molecule has 1 aromatic rings. The van der Waals surface area contributed by atoms with E-state index >= 15 is 0 Å². The standard InChI is InChI=1S/C10H11FO2/c1-3-7-4-8(11)5-9(13)10(7)6(2)12/h4-5,13H,3H2,1-2H3. The van der Waals surface area contributed by atoms with E-state index in [1.165, 1.54) is 13.0 Å². The molecule has 1 rings (SSSR count). The maximum atomic E-state index is 12.8. The van der Waals surface area contributed by atoms with Crippen LogP contribution in [0.3, 0.4) is 0 Å². The molecule has 70 valence electrons. The molecule has 0 radical (unpaired) electrons. The van der Waals surface area contributed by atoms with Gasteiger partial charge in [-0.1, -0.05) is 6.92 Å². The zero-order chi connectivity index (χ0) is 10.0. The highest BCUT2D eigenvalue weighted by atomic mass is 19.1. The van der Waals surface area contributed by atoms with Crippen LogP contribution in [0, 0.1) is 5.82 Å². The van der Waals surface area contributed by atoms with Crippen molar-refractivity contribution in [2.24, 2.45) is 0 Å². The molecular weight excluding hydrogens is 171 g/mol. The van der Waals surface area contributed by atoms with Gasteiger partial charge >= 0.3 is 0 Å². The van der Waals surface area contributed by atoms with Gasteiger partial charge in [-0.2, -0.15) is 0 Å². The Balaban J connectivity index is 3.38. The predicted octanol–water partition coefficient (Wildman–Crippen LogP) is 2.30. The molecule has 0 spiro atoms. The van der Waals surface area contributed by atoms with Gasteiger partial charge in [-0.25, -0.2) is 4.39 Å². The van der Waals surface area contributed by atoms with E-state index in [4.69, 9.17) is 0 Å². The lowest BCUT2D eigenvalue weighted by Crippen LogP contribution is -2.00. The van der Waals surface area contributed by atoms with Crippen molar-refractivity contribution in [3.8, 4) is 5.75 Å². The van der Waals surface area contributed by atoms with E-state index in [-0.39, 0.29) is 17.1 Å². The number of phenolic OH excluding ortho intramolecular Hbond substituents is 1. The highest BCUT2D eigenvalue weighted by Gasteiger charge is 2.12. The van der Waals surface area contributed by atoms with Crippen LogP contribution in [0.4, 0.5) is 4.39 Å². The number of Topliss-reactive ketones (excluding diaryl/α,β-unsaturated/α-hetero) is 1. The van der Waals surface area contributed by atoms with Crippen LogP contribution in [-0.4, -0.2) is 10.9 Å². The first kappa shape index (κ1) is 9.71. The van der Waals surface area contributed by atoms with Gasteiger partial charge in [0.15, 0.2) is 5.78 Å². The summed E-state index contributed by atoms with van der Waals surface area (Å²) in [5.74, 6) is -1.03. The molecule has 0 fully saturated rings. The van der Waals surface area contributed by atoms with E-state index in [0.717, 1.165) is 6.07 Å². The van der Waals surface area contributed by atoms with Crippen LogP contribution in [0.15, 0.2) is 12.1 Å². The van der Waals surface area contributed by atoms with Crippen molar-refractivity contribution in [1.29, 1.82) is 0 Å². The molecule has 0 unspecified atom stereocenters. The van der Waals surface area contributed by atoms with Crippen molar-refractivity contribution < 1.29 is 14.3 Å². The molecule has 0 aliphatic carbocycles. The minimum absolute atomic E-state index is 0.226. The first-order valence-electron chi connectivity index (χ1n) is 4.08. The highest BCUT2D eigenvalue weighted by molar-refractivity contribution is 5.98. The van der Waals surface area contributed by atoms with Crippen molar-refractivity contribution in [2.75, 3.05) is 0 Å². The Morgan fingerprint density at radius 2 is 2.15 bits per heavy atom. The summed E-state index contributed by atoms with van der Waals surface area (Å²) in [6, 6.07) is 2.23. The van der Waals surface area contributed by atoms with Gasteiger partial charge < -0.3 is 5.11 Å². The lowest BCUT2D eigenvalue weighted by Gasteiger charge is -2.06. The van der Waals surface area contributed by atoms with Crippen molar-refractivity contribution in [3.63, 3.8) is 0 Å². The maximum absolute atomic E-state index is 12.8. The number of ketones is 1.